The lowest BCUT2D eigenvalue weighted by atomic mass is 9.67. The smallest absolute Gasteiger partial charge is 0.155 e. The number of carbonyl (C=O) groups excluding carboxylic acids is 1. The maximum Gasteiger partial charge on any atom is 0.155 e. The van der Waals surface area contributed by atoms with Crippen LogP contribution in [0.25, 0.3) is 0 Å². The van der Waals surface area contributed by atoms with Crippen LogP contribution in [0, 0.1) is 4.91 Å². The standard InChI is InChI=1S/C21H27NO.C8H17NO2/c1-5-20(23)21(16-17(2)22(3)4,18-12-8-6-9-13-18)19-14-10-7-11-15-19;1-2-3-4-5-6-7-8-11-9-10/h6-15,17H,5,16H2,1-4H3;2-8H2,1H3. The number of benzene rings is 2. The first kappa shape index (κ1) is 29.5. The highest BCUT2D eigenvalue weighted by molar-refractivity contribution is 5.93. The number of nitrogens with zero attached hydrogens (tertiary/aromatic N) is 2. The van der Waals surface area contributed by atoms with E-state index >= 15 is 0 Å². The third-order valence-corrected chi connectivity index (χ3v) is 6.46. The van der Waals surface area contributed by atoms with E-state index in [1.54, 1.807) is 0 Å². The quantitative estimate of drug-likeness (QED) is 0.156. The molecule has 2 rings (SSSR count). The van der Waals surface area contributed by atoms with Gasteiger partial charge in [0.2, 0.25) is 0 Å². The molecule has 0 bridgehead atoms. The lowest BCUT2D eigenvalue weighted by Crippen LogP contribution is -2.42. The molecule has 0 aromatic heterocycles. The molecule has 1 atom stereocenters. The molecule has 1 unspecified atom stereocenters. The van der Waals surface area contributed by atoms with Crippen molar-refractivity contribution in [1.82, 2.24) is 4.90 Å². The van der Waals surface area contributed by atoms with Crippen molar-refractivity contribution >= 4 is 5.78 Å². The molecule has 0 aliphatic carbocycles. The van der Waals surface area contributed by atoms with Crippen LogP contribution in [0.3, 0.4) is 0 Å². The van der Waals surface area contributed by atoms with Gasteiger partial charge >= 0.3 is 0 Å². The summed E-state index contributed by atoms with van der Waals surface area (Å²) in [7, 11) is 4.14. The number of hydrogen-bond donors (Lipinski definition) is 0. The number of carbonyl (C=O) groups is 1. The van der Waals surface area contributed by atoms with Crippen LogP contribution in [0.1, 0.15) is 83.3 Å². The first-order chi connectivity index (χ1) is 16.4. The van der Waals surface area contributed by atoms with Crippen LogP contribution in [0.15, 0.2) is 66.0 Å². The molecule has 0 saturated heterocycles. The van der Waals surface area contributed by atoms with E-state index in [1.807, 2.05) is 43.3 Å². The third kappa shape index (κ3) is 9.38. The van der Waals surface area contributed by atoms with Gasteiger partial charge in [0.05, 0.1) is 5.41 Å². The van der Waals surface area contributed by atoms with Crippen molar-refractivity contribution in [2.24, 2.45) is 5.34 Å². The van der Waals surface area contributed by atoms with Gasteiger partial charge in [-0.1, -0.05) is 100 Å². The van der Waals surface area contributed by atoms with Crippen molar-refractivity contribution in [3.05, 3.63) is 76.7 Å². The summed E-state index contributed by atoms with van der Waals surface area (Å²) in [4.78, 5) is 29.1. The Morgan fingerprint density at radius 3 is 1.82 bits per heavy atom. The van der Waals surface area contributed by atoms with Gasteiger partial charge in [-0.2, -0.15) is 0 Å². The first-order valence-corrected chi connectivity index (χ1v) is 12.7. The Hall–Kier alpha value is -2.53. The van der Waals surface area contributed by atoms with E-state index in [-0.39, 0.29) is 5.78 Å². The van der Waals surface area contributed by atoms with Crippen LogP contribution in [-0.4, -0.2) is 37.4 Å². The van der Waals surface area contributed by atoms with Crippen LogP contribution in [-0.2, 0) is 15.0 Å². The van der Waals surface area contributed by atoms with Crippen LogP contribution in [0.4, 0.5) is 0 Å². The molecule has 0 N–H and O–H groups in total. The molecular formula is C29H44N2O3. The monoisotopic (exact) mass is 468 g/mol. The Morgan fingerprint density at radius 2 is 1.38 bits per heavy atom. The van der Waals surface area contributed by atoms with Crippen LogP contribution >= 0.6 is 0 Å². The Balaban J connectivity index is 0.000000445. The fourth-order valence-electron chi connectivity index (χ4n) is 4.20. The van der Waals surface area contributed by atoms with Gasteiger partial charge < -0.3 is 9.74 Å². The Bertz CT molecular complexity index is 754. The summed E-state index contributed by atoms with van der Waals surface area (Å²) in [5, 5.41) is 2.32. The fraction of sp³-hybridized carbons (Fsp3) is 0.552. The van der Waals surface area contributed by atoms with Gasteiger partial charge in [-0.25, -0.2) is 0 Å². The number of hydrogen-bond acceptors (Lipinski definition) is 5. The highest BCUT2D eigenvalue weighted by Crippen LogP contribution is 2.39. The normalized spacial score (nSPS) is 11.9. The van der Waals surface area contributed by atoms with E-state index in [0.717, 1.165) is 30.4 Å². The van der Waals surface area contributed by atoms with Gasteiger partial charge in [0, 0.05) is 12.5 Å². The highest BCUT2D eigenvalue weighted by atomic mass is 16.7. The summed E-state index contributed by atoms with van der Waals surface area (Å²) in [6.45, 7) is 6.82. The Labute approximate surface area is 206 Å². The minimum atomic E-state index is -0.582. The topological polar surface area (TPSA) is 59.0 Å². The Morgan fingerprint density at radius 1 is 0.882 bits per heavy atom. The van der Waals surface area contributed by atoms with E-state index in [2.05, 4.69) is 67.3 Å². The number of rotatable bonds is 15. The largest absolute Gasteiger partial charge is 0.364 e. The van der Waals surface area contributed by atoms with Crippen molar-refractivity contribution < 1.29 is 9.63 Å². The Kier molecular flexibility index (Phi) is 14.7. The molecule has 0 aliphatic rings. The molecule has 188 valence electrons. The number of Topliss-reactive ketones (excluding diaryl/α,β-unsaturated/α-hetero) is 1. The maximum atomic E-state index is 13.2. The highest BCUT2D eigenvalue weighted by Gasteiger charge is 2.41. The van der Waals surface area contributed by atoms with Gasteiger partial charge in [-0.3, -0.25) is 4.79 Å². The zero-order valence-corrected chi connectivity index (χ0v) is 21.8. The molecule has 2 aromatic rings. The van der Waals surface area contributed by atoms with E-state index in [4.69, 9.17) is 0 Å². The lowest BCUT2D eigenvalue weighted by Gasteiger charge is -2.37. The molecular weight excluding hydrogens is 424 g/mol. The summed E-state index contributed by atoms with van der Waals surface area (Å²) in [6, 6.07) is 20.7. The minimum Gasteiger partial charge on any atom is -0.364 e. The zero-order chi connectivity index (χ0) is 25.2. The van der Waals surface area contributed by atoms with Crippen LogP contribution in [0.2, 0.25) is 0 Å². The van der Waals surface area contributed by atoms with Gasteiger partial charge in [0.25, 0.3) is 0 Å². The van der Waals surface area contributed by atoms with Crippen molar-refractivity contribution in [2.45, 2.75) is 83.6 Å². The summed E-state index contributed by atoms with van der Waals surface area (Å²) < 4.78 is 0. The molecule has 0 fully saturated rings. The van der Waals surface area contributed by atoms with E-state index in [1.165, 1.54) is 25.7 Å². The fourth-order valence-corrected chi connectivity index (χ4v) is 4.20. The summed E-state index contributed by atoms with van der Waals surface area (Å²) in [5.74, 6) is 0.281. The molecule has 2 aromatic carbocycles. The molecule has 5 nitrogen and oxygen atoms in total. The van der Waals surface area contributed by atoms with Crippen LogP contribution in [0.5, 0.6) is 0 Å². The van der Waals surface area contributed by atoms with Crippen molar-refractivity contribution in [3.8, 4) is 0 Å². The SMILES string of the molecule is CCC(=O)C(CC(C)N(C)C)(c1ccccc1)c1ccccc1.CCCCCCCCON=O. The van der Waals surface area contributed by atoms with Gasteiger partial charge in [-0.05, 0) is 51.4 Å². The van der Waals surface area contributed by atoms with E-state index in [0.29, 0.717) is 19.1 Å². The third-order valence-electron chi connectivity index (χ3n) is 6.46. The molecule has 0 spiro atoms. The second-order valence-electron chi connectivity index (χ2n) is 9.11. The molecule has 0 heterocycles. The average Bonchev–Trinajstić information content (AvgIpc) is 2.87. The van der Waals surface area contributed by atoms with E-state index in [9.17, 15) is 9.70 Å². The molecule has 0 saturated carbocycles. The summed E-state index contributed by atoms with van der Waals surface area (Å²) >= 11 is 0. The molecule has 0 amide bonds. The first-order valence-electron chi connectivity index (χ1n) is 12.7. The predicted octanol–water partition coefficient (Wildman–Crippen LogP) is 7.34. The molecule has 5 heteroatoms. The zero-order valence-electron chi connectivity index (χ0n) is 21.8. The van der Waals surface area contributed by atoms with Gasteiger partial charge in [0.1, 0.15) is 12.4 Å². The van der Waals surface area contributed by atoms with Crippen molar-refractivity contribution in [2.75, 3.05) is 20.7 Å². The summed E-state index contributed by atoms with van der Waals surface area (Å²) in [5.41, 5.74) is 1.60. The minimum absolute atomic E-state index is 0.281. The average molecular weight is 469 g/mol. The second-order valence-corrected chi connectivity index (χ2v) is 9.11. The molecule has 0 radical (unpaired) electrons. The van der Waals surface area contributed by atoms with Gasteiger partial charge in [0.15, 0.2) is 5.34 Å². The van der Waals surface area contributed by atoms with Gasteiger partial charge in [-0.15, -0.1) is 4.91 Å². The number of ketones is 1. The predicted molar refractivity (Wildman–Crippen MR) is 142 cm³/mol. The molecule has 0 aliphatic heterocycles. The molecule has 34 heavy (non-hydrogen) atoms. The van der Waals surface area contributed by atoms with E-state index < -0.39 is 5.41 Å². The van der Waals surface area contributed by atoms with Crippen molar-refractivity contribution in [1.29, 1.82) is 0 Å². The number of unbranched alkanes of at least 4 members (excludes halogenated alkanes) is 5. The van der Waals surface area contributed by atoms with Crippen LogP contribution < -0.4 is 0 Å². The summed E-state index contributed by atoms with van der Waals surface area (Å²) in [6.07, 6.45) is 8.54. The maximum absolute atomic E-state index is 13.2. The lowest BCUT2D eigenvalue weighted by molar-refractivity contribution is -0.123. The van der Waals surface area contributed by atoms with Crippen molar-refractivity contribution in [3.63, 3.8) is 0 Å². The second kappa shape index (κ2) is 17.0.